The van der Waals surface area contributed by atoms with Gasteiger partial charge in [0, 0.05) is 12.6 Å². The summed E-state index contributed by atoms with van der Waals surface area (Å²) in [6.07, 6.45) is 0.572. The van der Waals surface area contributed by atoms with E-state index in [2.05, 4.69) is 0 Å². The summed E-state index contributed by atoms with van der Waals surface area (Å²) < 4.78 is 12.5. The van der Waals surface area contributed by atoms with Gasteiger partial charge in [0.05, 0.1) is 22.6 Å². The Kier molecular flexibility index (Phi) is 5.76. The predicted molar refractivity (Wildman–Crippen MR) is 135 cm³/mol. The van der Waals surface area contributed by atoms with E-state index in [0.29, 0.717) is 40.2 Å². The standard InChI is InChI=1S/C28H27N3O4/c1-5-23(30(4)27(32)19-11-13-24-25(15-19)35-16-34-24)26-29-22-9-7-6-8-21(22)28(33)31(26)20-12-10-17(2)18(3)14-20/h6-15,23H,5,16H2,1-4H3. The van der Waals surface area contributed by atoms with Gasteiger partial charge in [0.2, 0.25) is 6.79 Å². The molecule has 1 aliphatic heterocycles. The van der Waals surface area contributed by atoms with Crippen molar-refractivity contribution in [1.82, 2.24) is 14.5 Å². The summed E-state index contributed by atoms with van der Waals surface area (Å²) in [5.74, 6) is 1.50. The molecule has 0 bridgehead atoms. The number of benzene rings is 3. The lowest BCUT2D eigenvalue weighted by Crippen LogP contribution is -2.36. The lowest BCUT2D eigenvalue weighted by atomic mass is 10.1. The van der Waals surface area contributed by atoms with Gasteiger partial charge in [0.25, 0.3) is 11.5 Å². The summed E-state index contributed by atoms with van der Waals surface area (Å²) in [7, 11) is 1.74. The minimum absolute atomic E-state index is 0.143. The van der Waals surface area contributed by atoms with Gasteiger partial charge in [-0.1, -0.05) is 25.1 Å². The van der Waals surface area contributed by atoms with Gasteiger partial charge < -0.3 is 14.4 Å². The first-order valence-electron chi connectivity index (χ1n) is 11.6. The molecule has 0 spiro atoms. The van der Waals surface area contributed by atoms with Crippen LogP contribution in [-0.4, -0.2) is 34.2 Å². The lowest BCUT2D eigenvalue weighted by Gasteiger charge is -2.29. The Labute approximate surface area is 203 Å². The highest BCUT2D eigenvalue weighted by molar-refractivity contribution is 5.95. The number of nitrogens with zero attached hydrogens (tertiary/aromatic N) is 3. The Bertz CT molecular complexity index is 1510. The molecule has 0 N–H and O–H groups in total. The van der Waals surface area contributed by atoms with Gasteiger partial charge in [-0.05, 0) is 73.9 Å². The van der Waals surface area contributed by atoms with Crippen LogP contribution >= 0.6 is 0 Å². The van der Waals surface area contributed by atoms with E-state index in [1.807, 2.05) is 57.2 Å². The van der Waals surface area contributed by atoms with E-state index in [-0.39, 0.29) is 18.3 Å². The van der Waals surface area contributed by atoms with Gasteiger partial charge in [-0.2, -0.15) is 0 Å². The molecule has 5 rings (SSSR count). The molecule has 0 radical (unpaired) electrons. The van der Waals surface area contributed by atoms with E-state index in [1.54, 1.807) is 40.8 Å². The molecule has 7 heteroatoms. The first kappa shape index (κ1) is 22.7. The van der Waals surface area contributed by atoms with Crippen LogP contribution in [0.5, 0.6) is 11.5 Å². The Balaban J connectivity index is 1.65. The van der Waals surface area contributed by atoms with E-state index in [0.717, 1.165) is 16.8 Å². The van der Waals surface area contributed by atoms with Crippen LogP contribution in [0.25, 0.3) is 16.6 Å². The Morgan fingerprint density at radius 3 is 2.57 bits per heavy atom. The van der Waals surface area contributed by atoms with Crippen LogP contribution in [0.15, 0.2) is 65.5 Å². The molecule has 3 aromatic carbocycles. The third-order valence-electron chi connectivity index (χ3n) is 6.64. The molecule has 0 aliphatic carbocycles. The molecule has 1 amide bonds. The highest BCUT2D eigenvalue weighted by Gasteiger charge is 2.28. The second-order valence-electron chi connectivity index (χ2n) is 8.80. The van der Waals surface area contributed by atoms with Gasteiger partial charge in [-0.3, -0.25) is 14.2 Å². The van der Waals surface area contributed by atoms with Crippen LogP contribution in [0.3, 0.4) is 0 Å². The maximum absolute atomic E-state index is 13.7. The first-order valence-corrected chi connectivity index (χ1v) is 11.6. The summed E-state index contributed by atoms with van der Waals surface area (Å²) >= 11 is 0. The van der Waals surface area contributed by atoms with Crippen molar-refractivity contribution in [3.8, 4) is 17.2 Å². The molecule has 2 heterocycles. The highest BCUT2D eigenvalue weighted by Crippen LogP contribution is 2.34. The summed E-state index contributed by atoms with van der Waals surface area (Å²) in [4.78, 5) is 33.8. The SMILES string of the molecule is CCC(c1nc2ccccc2c(=O)n1-c1ccc(C)c(C)c1)N(C)C(=O)c1ccc2c(c1)OCO2. The molecule has 1 atom stereocenters. The Hall–Kier alpha value is -4.13. The monoisotopic (exact) mass is 469 g/mol. The second-order valence-corrected chi connectivity index (χ2v) is 8.80. The van der Waals surface area contributed by atoms with E-state index < -0.39 is 6.04 Å². The largest absolute Gasteiger partial charge is 0.454 e. The molecule has 35 heavy (non-hydrogen) atoms. The molecule has 178 valence electrons. The van der Waals surface area contributed by atoms with Crippen LogP contribution in [0, 0.1) is 13.8 Å². The number of carbonyl (C=O) groups excluding carboxylic acids is 1. The summed E-state index contributed by atoms with van der Waals surface area (Å²) in [6.45, 7) is 6.18. The van der Waals surface area contributed by atoms with Crippen molar-refractivity contribution < 1.29 is 14.3 Å². The number of hydrogen-bond donors (Lipinski definition) is 0. The molecule has 0 saturated heterocycles. The highest BCUT2D eigenvalue weighted by atomic mass is 16.7. The van der Waals surface area contributed by atoms with Crippen molar-refractivity contribution in [2.45, 2.75) is 33.2 Å². The van der Waals surface area contributed by atoms with Gasteiger partial charge >= 0.3 is 0 Å². The van der Waals surface area contributed by atoms with Crippen molar-refractivity contribution in [1.29, 1.82) is 0 Å². The predicted octanol–water partition coefficient (Wildman–Crippen LogP) is 4.95. The zero-order chi connectivity index (χ0) is 24.7. The fourth-order valence-electron chi connectivity index (χ4n) is 4.49. The van der Waals surface area contributed by atoms with Crippen LogP contribution in [-0.2, 0) is 0 Å². The summed E-state index contributed by atoms with van der Waals surface area (Å²) in [5, 5.41) is 0.536. The number of amides is 1. The van der Waals surface area contributed by atoms with Crippen LogP contribution in [0.2, 0.25) is 0 Å². The van der Waals surface area contributed by atoms with Crippen LogP contribution in [0.1, 0.15) is 46.7 Å². The molecule has 1 aliphatic rings. The average Bonchev–Trinajstić information content (AvgIpc) is 3.34. The molecule has 1 unspecified atom stereocenters. The fourth-order valence-corrected chi connectivity index (χ4v) is 4.49. The molecule has 7 nitrogen and oxygen atoms in total. The summed E-state index contributed by atoms with van der Waals surface area (Å²) in [5.41, 5.74) is 3.88. The van der Waals surface area contributed by atoms with Gasteiger partial charge in [-0.15, -0.1) is 0 Å². The van der Waals surface area contributed by atoms with E-state index >= 15 is 0 Å². The number of aryl methyl sites for hydroxylation is 2. The number of rotatable bonds is 5. The Morgan fingerprint density at radius 2 is 1.80 bits per heavy atom. The third-order valence-corrected chi connectivity index (χ3v) is 6.64. The average molecular weight is 470 g/mol. The minimum Gasteiger partial charge on any atom is -0.454 e. The number of para-hydroxylation sites is 1. The summed E-state index contributed by atoms with van der Waals surface area (Å²) in [6, 6.07) is 17.9. The molecule has 0 fully saturated rings. The molecule has 1 aromatic heterocycles. The maximum Gasteiger partial charge on any atom is 0.266 e. The number of ether oxygens (including phenoxy) is 2. The van der Waals surface area contributed by atoms with Gasteiger partial charge in [0.1, 0.15) is 5.82 Å². The quantitative estimate of drug-likeness (QED) is 0.413. The van der Waals surface area contributed by atoms with E-state index in [1.165, 1.54) is 0 Å². The lowest BCUT2D eigenvalue weighted by molar-refractivity contribution is 0.0716. The van der Waals surface area contributed by atoms with Crippen LogP contribution in [0.4, 0.5) is 0 Å². The minimum atomic E-state index is -0.438. The van der Waals surface area contributed by atoms with Gasteiger partial charge in [-0.25, -0.2) is 4.98 Å². The molecular weight excluding hydrogens is 442 g/mol. The van der Waals surface area contributed by atoms with Crippen molar-refractivity contribution >= 4 is 16.8 Å². The smallest absolute Gasteiger partial charge is 0.266 e. The number of aromatic nitrogens is 2. The van der Waals surface area contributed by atoms with Crippen molar-refractivity contribution in [3.63, 3.8) is 0 Å². The zero-order valence-electron chi connectivity index (χ0n) is 20.2. The molecular formula is C28H27N3O4. The fraction of sp³-hybridized carbons (Fsp3) is 0.250. The second kappa shape index (κ2) is 8.91. The third kappa shape index (κ3) is 3.93. The van der Waals surface area contributed by atoms with E-state index in [9.17, 15) is 9.59 Å². The number of hydrogen-bond acceptors (Lipinski definition) is 5. The maximum atomic E-state index is 13.7. The van der Waals surface area contributed by atoms with Crippen molar-refractivity contribution in [3.05, 3.63) is 93.5 Å². The van der Waals surface area contributed by atoms with Crippen LogP contribution < -0.4 is 15.0 Å². The van der Waals surface area contributed by atoms with Gasteiger partial charge in [0.15, 0.2) is 11.5 Å². The topological polar surface area (TPSA) is 73.7 Å². The van der Waals surface area contributed by atoms with E-state index in [4.69, 9.17) is 14.5 Å². The number of carbonyl (C=O) groups is 1. The molecule has 0 saturated carbocycles. The Morgan fingerprint density at radius 1 is 1.03 bits per heavy atom. The zero-order valence-corrected chi connectivity index (χ0v) is 20.2. The molecule has 4 aromatic rings. The first-order chi connectivity index (χ1) is 16.9. The number of fused-ring (bicyclic) bond motifs is 2. The van der Waals surface area contributed by atoms with Crippen molar-refractivity contribution in [2.75, 3.05) is 13.8 Å². The normalized spacial score (nSPS) is 13.1. The van der Waals surface area contributed by atoms with Crippen molar-refractivity contribution in [2.24, 2.45) is 0 Å².